The Labute approximate surface area is 176 Å². The number of carbonyl (C=O) groups excluding carboxylic acids is 1. The summed E-state index contributed by atoms with van der Waals surface area (Å²) in [6.07, 6.45) is 3.85. The van der Waals surface area contributed by atoms with E-state index < -0.39 is 0 Å². The summed E-state index contributed by atoms with van der Waals surface area (Å²) >= 11 is 6.38. The van der Waals surface area contributed by atoms with Crippen LogP contribution in [0.1, 0.15) is 44.0 Å². The molecule has 1 fully saturated rings. The van der Waals surface area contributed by atoms with E-state index in [9.17, 15) is 4.79 Å². The molecule has 29 heavy (non-hydrogen) atoms. The van der Waals surface area contributed by atoms with Gasteiger partial charge in [-0.2, -0.15) is 4.68 Å². The second-order valence-electron chi connectivity index (χ2n) is 8.00. The molecule has 1 aromatic carbocycles. The molecule has 2 aromatic rings. The van der Waals surface area contributed by atoms with E-state index >= 15 is 0 Å². The van der Waals surface area contributed by atoms with Crippen molar-refractivity contribution in [3.8, 4) is 11.4 Å². The number of piperidine rings is 1. The van der Waals surface area contributed by atoms with Gasteiger partial charge in [-0.1, -0.05) is 32.4 Å². The molecule has 1 atom stereocenters. The second-order valence-corrected chi connectivity index (χ2v) is 8.41. The molecule has 1 saturated heterocycles. The summed E-state index contributed by atoms with van der Waals surface area (Å²) in [5.41, 5.74) is 0.941. The molecule has 2 heterocycles. The van der Waals surface area contributed by atoms with Crippen molar-refractivity contribution in [2.24, 2.45) is 11.8 Å². The molecule has 0 unspecified atom stereocenters. The summed E-state index contributed by atoms with van der Waals surface area (Å²) < 4.78 is 6.86. The van der Waals surface area contributed by atoms with Gasteiger partial charge in [-0.15, -0.1) is 5.10 Å². The normalized spacial score (nSPS) is 16.8. The van der Waals surface area contributed by atoms with Gasteiger partial charge in [0.15, 0.2) is 0 Å². The number of tetrazole rings is 1. The van der Waals surface area contributed by atoms with Crippen molar-refractivity contribution >= 4 is 17.5 Å². The monoisotopic (exact) mass is 420 g/mol. The van der Waals surface area contributed by atoms with Gasteiger partial charge in [0, 0.05) is 18.7 Å². The summed E-state index contributed by atoms with van der Waals surface area (Å²) in [6, 6.07) is 3.56. The van der Waals surface area contributed by atoms with Crippen LogP contribution in [0, 0.1) is 11.8 Å². The number of halogens is 1. The Balaban J connectivity index is 1.73. The van der Waals surface area contributed by atoms with E-state index in [-0.39, 0.29) is 5.91 Å². The van der Waals surface area contributed by atoms with E-state index in [1.54, 1.807) is 12.1 Å². The van der Waals surface area contributed by atoms with E-state index in [1.807, 2.05) is 0 Å². The third-order valence-electron chi connectivity index (χ3n) is 5.64. The Bertz CT molecular complexity index is 819. The highest BCUT2D eigenvalue weighted by Crippen LogP contribution is 2.29. The minimum atomic E-state index is -0.206. The van der Waals surface area contributed by atoms with Crippen LogP contribution in [0.15, 0.2) is 18.5 Å². The average molecular weight is 421 g/mol. The quantitative estimate of drug-likeness (QED) is 0.741. The molecule has 1 amide bonds. The first-order valence-electron chi connectivity index (χ1n) is 10.0. The van der Waals surface area contributed by atoms with Crippen LogP contribution in [-0.2, 0) is 0 Å². The first-order valence-corrected chi connectivity index (χ1v) is 10.4. The van der Waals surface area contributed by atoms with Gasteiger partial charge in [0.05, 0.1) is 23.4 Å². The molecule has 0 radical (unpaired) electrons. The standard InChI is InChI=1S/C20H29ClN6O2/c1-13(2)18(26-7-5-14(3)6-8-26)11-22-20(28)15-9-16(21)17(10-19(15)29-4)27-12-23-24-25-27/h9-10,12-14,18H,5-8,11H2,1-4H3,(H,22,28)/t18-/m1/s1. The number of hydrogen-bond acceptors (Lipinski definition) is 6. The fraction of sp³-hybridized carbons (Fsp3) is 0.600. The third kappa shape index (κ3) is 5.05. The molecular formula is C20H29ClN6O2. The zero-order valence-corrected chi connectivity index (χ0v) is 18.2. The van der Waals surface area contributed by atoms with Crippen molar-refractivity contribution in [2.75, 3.05) is 26.7 Å². The van der Waals surface area contributed by atoms with Crippen LogP contribution in [0.4, 0.5) is 0 Å². The summed E-state index contributed by atoms with van der Waals surface area (Å²) in [5.74, 6) is 1.43. The van der Waals surface area contributed by atoms with Crippen molar-refractivity contribution < 1.29 is 9.53 Å². The number of nitrogens with one attached hydrogen (secondary N) is 1. The lowest BCUT2D eigenvalue weighted by Gasteiger charge is -2.38. The fourth-order valence-electron chi connectivity index (χ4n) is 3.78. The molecule has 158 valence electrons. The molecule has 0 saturated carbocycles. The van der Waals surface area contributed by atoms with Crippen molar-refractivity contribution in [2.45, 2.75) is 39.7 Å². The van der Waals surface area contributed by atoms with Crippen molar-refractivity contribution in [1.82, 2.24) is 30.4 Å². The minimum Gasteiger partial charge on any atom is -0.496 e. The van der Waals surface area contributed by atoms with Crippen molar-refractivity contribution in [1.29, 1.82) is 0 Å². The topological polar surface area (TPSA) is 85.2 Å². The molecule has 9 heteroatoms. The molecule has 1 aliphatic rings. The maximum absolute atomic E-state index is 12.9. The lowest BCUT2D eigenvalue weighted by Crippen LogP contribution is -2.49. The summed E-state index contributed by atoms with van der Waals surface area (Å²) in [5, 5.41) is 14.5. The number of ether oxygens (including phenoxy) is 1. The number of nitrogens with zero attached hydrogens (tertiary/aromatic N) is 5. The highest BCUT2D eigenvalue weighted by molar-refractivity contribution is 6.33. The molecule has 3 rings (SSSR count). The number of rotatable bonds is 7. The number of hydrogen-bond donors (Lipinski definition) is 1. The highest BCUT2D eigenvalue weighted by Gasteiger charge is 2.26. The van der Waals surface area contributed by atoms with Gasteiger partial charge in [0.25, 0.3) is 5.91 Å². The van der Waals surface area contributed by atoms with E-state index in [2.05, 4.69) is 46.5 Å². The zero-order chi connectivity index (χ0) is 21.0. The Hall–Kier alpha value is -2.19. The minimum absolute atomic E-state index is 0.206. The van der Waals surface area contributed by atoms with E-state index in [0.29, 0.717) is 40.5 Å². The molecule has 1 aromatic heterocycles. The van der Waals surface area contributed by atoms with Gasteiger partial charge < -0.3 is 10.1 Å². The Morgan fingerprint density at radius 1 is 1.34 bits per heavy atom. The fourth-order valence-corrected chi connectivity index (χ4v) is 4.03. The molecule has 8 nitrogen and oxygen atoms in total. The van der Waals surface area contributed by atoms with Crippen LogP contribution in [0.25, 0.3) is 5.69 Å². The van der Waals surface area contributed by atoms with Crippen molar-refractivity contribution in [3.63, 3.8) is 0 Å². The van der Waals surface area contributed by atoms with E-state index in [0.717, 1.165) is 19.0 Å². The van der Waals surface area contributed by atoms with Crippen LogP contribution in [0.5, 0.6) is 5.75 Å². The first kappa shape index (κ1) is 21.5. The van der Waals surface area contributed by atoms with Crippen molar-refractivity contribution in [3.05, 3.63) is 29.0 Å². The first-order chi connectivity index (χ1) is 13.9. The van der Waals surface area contributed by atoms with Crippen LogP contribution in [0.3, 0.4) is 0 Å². The predicted molar refractivity (Wildman–Crippen MR) is 112 cm³/mol. The van der Waals surface area contributed by atoms with E-state index in [4.69, 9.17) is 16.3 Å². The maximum atomic E-state index is 12.9. The van der Waals surface area contributed by atoms with Gasteiger partial charge in [-0.25, -0.2) is 0 Å². The van der Waals surface area contributed by atoms with Gasteiger partial charge in [-0.05, 0) is 54.3 Å². The number of aromatic nitrogens is 4. The lowest BCUT2D eigenvalue weighted by molar-refractivity contribution is 0.0860. The summed E-state index contributed by atoms with van der Waals surface area (Å²) in [6.45, 7) is 9.45. The van der Waals surface area contributed by atoms with Gasteiger partial charge in [0.1, 0.15) is 12.1 Å². The smallest absolute Gasteiger partial charge is 0.255 e. The summed E-state index contributed by atoms with van der Waals surface area (Å²) in [4.78, 5) is 15.4. The largest absolute Gasteiger partial charge is 0.496 e. The molecule has 1 N–H and O–H groups in total. The molecule has 1 aliphatic heterocycles. The molecule has 0 aliphatic carbocycles. The average Bonchev–Trinajstić information content (AvgIpc) is 3.23. The third-order valence-corrected chi connectivity index (χ3v) is 5.94. The maximum Gasteiger partial charge on any atom is 0.255 e. The number of carbonyl (C=O) groups is 1. The van der Waals surface area contributed by atoms with Gasteiger partial charge in [0.2, 0.25) is 0 Å². The zero-order valence-electron chi connectivity index (χ0n) is 17.4. The Morgan fingerprint density at radius 2 is 2.07 bits per heavy atom. The highest BCUT2D eigenvalue weighted by atomic mass is 35.5. The second kappa shape index (κ2) is 9.54. The van der Waals surface area contributed by atoms with Crippen LogP contribution in [0.2, 0.25) is 5.02 Å². The lowest BCUT2D eigenvalue weighted by atomic mass is 9.94. The summed E-state index contributed by atoms with van der Waals surface area (Å²) in [7, 11) is 1.52. The number of benzene rings is 1. The Morgan fingerprint density at radius 3 is 2.66 bits per heavy atom. The Kier molecular flexibility index (Phi) is 7.08. The van der Waals surface area contributed by atoms with Crippen LogP contribution < -0.4 is 10.1 Å². The number of amides is 1. The molecular weight excluding hydrogens is 392 g/mol. The van der Waals surface area contributed by atoms with Crippen LogP contribution >= 0.6 is 11.6 Å². The van der Waals surface area contributed by atoms with Crippen LogP contribution in [-0.4, -0.2) is 63.8 Å². The van der Waals surface area contributed by atoms with Gasteiger partial charge in [-0.3, -0.25) is 9.69 Å². The number of methoxy groups -OCH3 is 1. The number of likely N-dealkylation sites (tertiary alicyclic amines) is 1. The molecule has 0 spiro atoms. The van der Waals surface area contributed by atoms with E-state index in [1.165, 1.54) is 31.0 Å². The molecule has 0 bridgehead atoms. The SMILES string of the molecule is COc1cc(-n2cnnn2)c(Cl)cc1C(=O)NC[C@H](C(C)C)N1CCC(C)CC1. The predicted octanol–water partition coefficient (Wildman–Crippen LogP) is 2.81. The van der Waals surface area contributed by atoms with Gasteiger partial charge >= 0.3 is 0 Å².